The highest BCUT2D eigenvalue weighted by Gasteiger charge is 2.49. The number of likely N-dealkylation sites (N-methyl/N-ethyl adjacent to an activating group) is 1. The predicted molar refractivity (Wildman–Crippen MR) is 187 cm³/mol. The Hall–Kier alpha value is -4.74. The van der Waals surface area contributed by atoms with Gasteiger partial charge in [-0.1, -0.05) is 85.9 Å². The van der Waals surface area contributed by atoms with E-state index in [2.05, 4.69) is 57.7 Å². The zero-order valence-corrected chi connectivity index (χ0v) is 28.2. The fourth-order valence-electron chi connectivity index (χ4n) is 5.78. The molecular weight excluding hydrogens is 611 g/mol. The van der Waals surface area contributed by atoms with Crippen molar-refractivity contribution < 1.29 is 14.1 Å². The molecule has 47 heavy (non-hydrogen) atoms. The largest absolute Gasteiger partial charge is 0.476 e. The Labute approximate surface area is 278 Å². The number of pyridine rings is 1. The van der Waals surface area contributed by atoms with Gasteiger partial charge >= 0.3 is 6.03 Å². The van der Waals surface area contributed by atoms with Gasteiger partial charge in [-0.2, -0.15) is 0 Å². The number of urea groups is 1. The number of aromatic nitrogens is 4. The number of imidazole rings is 1. The summed E-state index contributed by atoms with van der Waals surface area (Å²) in [6.45, 7) is 11.0. The van der Waals surface area contributed by atoms with Gasteiger partial charge in [0, 0.05) is 48.1 Å². The van der Waals surface area contributed by atoms with Crippen LogP contribution in [0, 0.1) is 0 Å². The number of thiazole rings is 1. The number of amides is 2. The van der Waals surface area contributed by atoms with Crippen LogP contribution in [0.1, 0.15) is 45.8 Å². The first-order valence-electron chi connectivity index (χ1n) is 15.8. The number of carbonyl (C=O) groups excluding carboxylic acids is 1. The summed E-state index contributed by atoms with van der Waals surface area (Å²) in [4.78, 5) is 28.1. The highest BCUT2D eigenvalue weighted by atomic mass is 32.1. The molecule has 2 amide bonds. The summed E-state index contributed by atoms with van der Waals surface area (Å²) in [5, 5.41) is 6.97. The standard InChI is InChI=1S/C36H39N7O3S/c1-23-10-8-7-9-11-27(23)42(6)36(18-19-36)22-45-31-17-16-28-32(39-31)47-34-38-26(21-43(28)34)24-12-14-25(15-13-24)37-33(44)41(5)30-20-29(46-40-30)35(2,3)4/h7-9,11-17,20-21,27H,1,10,18-19,22H2,2-6H3,(H,37,44). The van der Waals surface area contributed by atoms with Crippen LogP contribution in [0.3, 0.4) is 0 Å². The molecule has 0 radical (unpaired) electrons. The summed E-state index contributed by atoms with van der Waals surface area (Å²) in [6, 6.07) is 13.3. The number of fused-ring (bicyclic) bond motifs is 3. The van der Waals surface area contributed by atoms with E-state index in [9.17, 15) is 4.79 Å². The van der Waals surface area contributed by atoms with Crippen LogP contribution in [0.2, 0.25) is 0 Å². The number of allylic oxidation sites excluding steroid dienone is 3. The zero-order valence-electron chi connectivity index (χ0n) is 27.4. The molecule has 1 N–H and O–H groups in total. The molecule has 1 atom stereocenters. The third-order valence-electron chi connectivity index (χ3n) is 9.07. The first-order valence-corrected chi connectivity index (χ1v) is 16.6. The van der Waals surface area contributed by atoms with E-state index in [-0.39, 0.29) is 23.0 Å². The van der Waals surface area contributed by atoms with Crippen LogP contribution in [-0.2, 0) is 5.41 Å². The summed E-state index contributed by atoms with van der Waals surface area (Å²) < 4.78 is 13.8. The van der Waals surface area contributed by atoms with Crippen molar-refractivity contribution in [3.8, 4) is 17.1 Å². The number of nitrogens with zero attached hydrogens (tertiary/aromatic N) is 6. The van der Waals surface area contributed by atoms with E-state index < -0.39 is 0 Å². The first-order chi connectivity index (χ1) is 22.5. The second-order valence-electron chi connectivity index (χ2n) is 13.5. The molecule has 4 aromatic heterocycles. The molecule has 0 bridgehead atoms. The zero-order chi connectivity index (χ0) is 32.9. The molecule has 0 saturated heterocycles. The third-order valence-corrected chi connectivity index (χ3v) is 10.0. The number of nitrogens with one attached hydrogen (secondary N) is 1. The maximum absolute atomic E-state index is 12.9. The van der Waals surface area contributed by atoms with Crippen molar-refractivity contribution in [3.05, 3.63) is 90.9 Å². The van der Waals surface area contributed by atoms with Gasteiger partial charge in [0.15, 0.2) is 10.8 Å². The van der Waals surface area contributed by atoms with E-state index >= 15 is 0 Å². The molecule has 0 aliphatic heterocycles. The monoisotopic (exact) mass is 649 g/mol. The van der Waals surface area contributed by atoms with Crippen LogP contribution in [0.25, 0.3) is 26.6 Å². The van der Waals surface area contributed by atoms with Crippen LogP contribution in [-0.4, -0.2) is 62.7 Å². The maximum atomic E-state index is 12.9. The molecule has 4 heterocycles. The Balaban J connectivity index is 1.00. The lowest BCUT2D eigenvalue weighted by atomic mass is 9.93. The maximum Gasteiger partial charge on any atom is 0.327 e. The Kier molecular flexibility index (Phi) is 7.76. The molecule has 242 valence electrons. The fourth-order valence-corrected chi connectivity index (χ4v) is 6.75. The summed E-state index contributed by atoms with van der Waals surface area (Å²) in [7, 11) is 3.84. The second kappa shape index (κ2) is 11.8. The molecule has 2 aliphatic carbocycles. The van der Waals surface area contributed by atoms with Crippen LogP contribution in [0.4, 0.5) is 16.3 Å². The average Bonchev–Trinajstić information content (AvgIpc) is 3.37. The highest BCUT2D eigenvalue weighted by Crippen LogP contribution is 2.44. The lowest BCUT2D eigenvalue weighted by Gasteiger charge is -2.34. The number of rotatable bonds is 8. The Bertz CT molecular complexity index is 2020. The second-order valence-corrected chi connectivity index (χ2v) is 14.4. The molecule has 7 rings (SSSR count). The number of hydrogen-bond acceptors (Lipinski definition) is 8. The van der Waals surface area contributed by atoms with Crippen molar-refractivity contribution in [1.29, 1.82) is 0 Å². The van der Waals surface area contributed by atoms with E-state index in [1.165, 1.54) is 21.8 Å². The predicted octanol–water partition coefficient (Wildman–Crippen LogP) is 7.85. The molecule has 1 fully saturated rings. The molecule has 1 saturated carbocycles. The van der Waals surface area contributed by atoms with Gasteiger partial charge in [-0.25, -0.2) is 14.8 Å². The lowest BCUT2D eigenvalue weighted by molar-refractivity contribution is 0.127. The Morgan fingerprint density at radius 2 is 1.94 bits per heavy atom. The molecule has 11 heteroatoms. The quantitative estimate of drug-likeness (QED) is 0.171. The van der Waals surface area contributed by atoms with Crippen molar-refractivity contribution in [2.75, 3.05) is 30.9 Å². The minimum atomic E-state index is -0.309. The third kappa shape index (κ3) is 6.08. The van der Waals surface area contributed by atoms with Crippen molar-refractivity contribution >= 4 is 44.2 Å². The minimum Gasteiger partial charge on any atom is -0.476 e. The fraction of sp³-hybridized carbons (Fsp3) is 0.333. The molecule has 5 aromatic rings. The number of ether oxygens (including phenoxy) is 1. The Morgan fingerprint density at radius 1 is 1.15 bits per heavy atom. The molecule has 10 nitrogen and oxygen atoms in total. The van der Waals surface area contributed by atoms with E-state index in [0.717, 1.165) is 45.8 Å². The van der Waals surface area contributed by atoms with Crippen LogP contribution in [0.5, 0.6) is 5.88 Å². The van der Waals surface area contributed by atoms with Crippen molar-refractivity contribution in [3.63, 3.8) is 0 Å². The molecule has 2 aliphatic rings. The number of benzene rings is 1. The van der Waals surface area contributed by atoms with E-state index in [0.29, 0.717) is 29.8 Å². The van der Waals surface area contributed by atoms with Crippen molar-refractivity contribution in [2.45, 2.75) is 57.0 Å². The summed E-state index contributed by atoms with van der Waals surface area (Å²) >= 11 is 1.53. The summed E-state index contributed by atoms with van der Waals surface area (Å²) in [6.07, 6.45) is 13.7. The van der Waals surface area contributed by atoms with Gasteiger partial charge in [0.1, 0.15) is 17.2 Å². The van der Waals surface area contributed by atoms with E-state index in [4.69, 9.17) is 19.2 Å². The van der Waals surface area contributed by atoms with Crippen LogP contribution < -0.4 is 15.0 Å². The highest BCUT2D eigenvalue weighted by molar-refractivity contribution is 7.23. The van der Waals surface area contributed by atoms with Gasteiger partial charge in [-0.3, -0.25) is 14.2 Å². The average molecular weight is 650 g/mol. The Morgan fingerprint density at radius 3 is 2.66 bits per heavy atom. The van der Waals surface area contributed by atoms with Gasteiger partial charge in [0.2, 0.25) is 5.88 Å². The van der Waals surface area contributed by atoms with Crippen molar-refractivity contribution in [1.82, 2.24) is 24.4 Å². The summed E-state index contributed by atoms with van der Waals surface area (Å²) in [5.41, 5.74) is 4.44. The molecule has 1 unspecified atom stereocenters. The molecular formula is C36H39N7O3S. The van der Waals surface area contributed by atoms with Gasteiger partial charge in [-0.15, -0.1) is 0 Å². The van der Waals surface area contributed by atoms with Gasteiger partial charge < -0.3 is 14.6 Å². The van der Waals surface area contributed by atoms with E-state index in [1.807, 2.05) is 63.4 Å². The first kappa shape index (κ1) is 30.9. The summed E-state index contributed by atoms with van der Waals surface area (Å²) in [5.74, 6) is 1.79. The van der Waals surface area contributed by atoms with Crippen LogP contribution >= 0.6 is 11.3 Å². The number of hydrogen-bond donors (Lipinski definition) is 1. The lowest BCUT2D eigenvalue weighted by Crippen LogP contribution is -2.45. The topological polar surface area (TPSA) is 101 Å². The van der Waals surface area contributed by atoms with Gasteiger partial charge in [-0.05, 0) is 44.5 Å². The number of carbonyl (C=O) groups is 1. The molecule has 0 spiro atoms. The van der Waals surface area contributed by atoms with E-state index in [1.54, 1.807) is 13.1 Å². The van der Waals surface area contributed by atoms with Gasteiger partial charge in [0.25, 0.3) is 0 Å². The number of anilines is 2. The van der Waals surface area contributed by atoms with Gasteiger partial charge in [0.05, 0.1) is 16.7 Å². The molecule has 1 aromatic carbocycles. The smallest absolute Gasteiger partial charge is 0.327 e. The normalized spacial score (nSPS) is 17.4. The minimum absolute atomic E-state index is 0.000671. The van der Waals surface area contributed by atoms with Crippen molar-refractivity contribution in [2.24, 2.45) is 0 Å². The SMILES string of the molecule is C=C1CC=CC=CC1N(C)C1(COc2ccc3c(n2)sc2nc(-c4ccc(NC(=O)N(C)c5cc(C(C)(C)C)on5)cc4)cn23)CC1. The van der Waals surface area contributed by atoms with Crippen LogP contribution in [0.15, 0.2) is 89.6 Å².